The van der Waals surface area contributed by atoms with Crippen molar-refractivity contribution in [3.63, 3.8) is 0 Å². The van der Waals surface area contributed by atoms with Gasteiger partial charge in [-0.15, -0.1) is 0 Å². The quantitative estimate of drug-likeness (QED) is 0.102. The number of aromatic nitrogens is 4. The predicted octanol–water partition coefficient (Wildman–Crippen LogP) is 5.68. The molecule has 6 atom stereocenters. The fourth-order valence-corrected chi connectivity index (χ4v) is 12.1. The van der Waals surface area contributed by atoms with Crippen LogP contribution in [-0.2, 0) is 34.0 Å². The van der Waals surface area contributed by atoms with Crippen molar-refractivity contribution in [1.82, 2.24) is 24.2 Å². The summed E-state index contributed by atoms with van der Waals surface area (Å²) in [4.78, 5) is 35.9. The van der Waals surface area contributed by atoms with Gasteiger partial charge in [0.15, 0.2) is 21.0 Å². The number of benzene rings is 4. The molecule has 0 spiro atoms. The Labute approximate surface area is 347 Å². The molecule has 15 nitrogen and oxygen atoms in total. The summed E-state index contributed by atoms with van der Waals surface area (Å²) in [7, 11) is -2.18. The maximum Gasteiger partial charge on any atom is 0.329 e. The molecule has 3 saturated heterocycles. The zero-order valence-electron chi connectivity index (χ0n) is 32.9. The third kappa shape index (κ3) is 7.46. The lowest BCUT2D eigenvalue weighted by Crippen LogP contribution is -2.38. The highest BCUT2D eigenvalue weighted by Gasteiger charge is 2.51. The van der Waals surface area contributed by atoms with Crippen molar-refractivity contribution < 1.29 is 36.4 Å². The molecule has 4 aromatic carbocycles. The van der Waals surface area contributed by atoms with E-state index in [2.05, 4.69) is 19.6 Å². The van der Waals surface area contributed by atoms with E-state index in [1.54, 1.807) is 44.6 Å². The number of hydrogen-bond donors (Lipinski definition) is 2. The number of ether oxygens (including phenoxy) is 4. The Morgan fingerprint density at radius 3 is 2.13 bits per heavy atom. The Morgan fingerprint density at radius 2 is 1.48 bits per heavy atom. The number of nitrogens with zero attached hydrogens (tertiary/aromatic N) is 3. The molecule has 9 rings (SSSR count). The molecule has 3 aliphatic heterocycles. The third-order valence-corrected chi connectivity index (χ3v) is 15.0. The SMILES string of the molecule is COc1ccc(C(OC[C@H]2O[C@@H](n3c(=O)[nH]c4c(=O)[nH]cnc43)C[C@@H]2O[P@]2O[C@H](CS(=O)(=O)c3ccccc3)[C@@H]3CCCN32)(c2ccccc2)c2ccc(OC)cc2)cc1. The topological polar surface area (TPSA) is 176 Å². The first kappa shape index (κ1) is 40.2. The Bertz CT molecular complexity index is 2610. The number of H-pyrrole nitrogens is 2. The molecule has 0 radical (unpaired) electrons. The van der Waals surface area contributed by atoms with Crippen LogP contribution < -0.4 is 20.7 Å². The Hall–Kier alpha value is -5.19. The smallest absolute Gasteiger partial charge is 0.329 e. The van der Waals surface area contributed by atoms with Crippen LogP contribution in [0.25, 0.3) is 11.2 Å². The minimum absolute atomic E-state index is 0.0243. The van der Waals surface area contributed by atoms with E-state index in [1.165, 1.54) is 10.9 Å². The Morgan fingerprint density at radius 1 is 0.850 bits per heavy atom. The number of methoxy groups -OCH3 is 2. The first-order valence-electron chi connectivity index (χ1n) is 19.7. The van der Waals surface area contributed by atoms with Crippen LogP contribution in [0.1, 0.15) is 42.2 Å². The van der Waals surface area contributed by atoms with Gasteiger partial charge in [0.05, 0.1) is 50.0 Å². The second-order valence-electron chi connectivity index (χ2n) is 14.9. The van der Waals surface area contributed by atoms with Crippen molar-refractivity contribution in [2.75, 3.05) is 33.1 Å². The van der Waals surface area contributed by atoms with Crippen LogP contribution in [0.15, 0.2) is 130 Å². The van der Waals surface area contributed by atoms with Gasteiger partial charge in [0.2, 0.25) is 0 Å². The molecule has 0 unspecified atom stereocenters. The number of nitrogens with one attached hydrogen (secondary N) is 2. The minimum Gasteiger partial charge on any atom is -0.497 e. The fraction of sp³-hybridized carbons (Fsp3) is 0.326. The maximum atomic E-state index is 13.6. The van der Waals surface area contributed by atoms with Gasteiger partial charge in [-0.1, -0.05) is 72.8 Å². The van der Waals surface area contributed by atoms with E-state index in [0.29, 0.717) is 18.0 Å². The van der Waals surface area contributed by atoms with E-state index in [1.807, 2.05) is 78.9 Å². The minimum atomic E-state index is -3.66. The van der Waals surface area contributed by atoms with Crippen molar-refractivity contribution in [2.45, 2.75) is 60.3 Å². The van der Waals surface area contributed by atoms with Gasteiger partial charge < -0.3 is 33.0 Å². The van der Waals surface area contributed by atoms with Gasteiger partial charge in [-0.2, -0.15) is 0 Å². The maximum absolute atomic E-state index is 13.6. The summed E-state index contributed by atoms with van der Waals surface area (Å²) in [6.45, 7) is 0.648. The second kappa shape index (κ2) is 16.7. The lowest BCUT2D eigenvalue weighted by atomic mass is 9.80. The molecule has 6 aromatic rings. The standard InChI is InChI=1S/C43H44N5O10PS/c1-53-31-19-15-29(16-20-31)43(28-10-5-3-6-11-28,30-17-21-32(54-2)22-18-30)55-25-36-35(24-38(56-36)48-40-39(46-42(48)50)41(49)45-27-44-40)57-59-47-23-9-14-34(47)37(58-59)26-60(51,52)33-12-7-4-8-13-33/h3-8,10-13,15-22,27,34-38H,9,14,23-26H2,1-2H3,(H,46,50)(H,44,45,49)/t34-,35-,36+,37+,38+,59+/m0/s1. The first-order chi connectivity index (χ1) is 29.2. The average Bonchev–Trinajstić information content (AvgIpc) is 4.07. The molecule has 0 amide bonds. The molecule has 60 heavy (non-hydrogen) atoms. The van der Waals surface area contributed by atoms with Crippen LogP contribution in [0.5, 0.6) is 11.5 Å². The lowest BCUT2D eigenvalue weighted by molar-refractivity contribution is -0.0911. The van der Waals surface area contributed by atoms with Gasteiger partial charge in [0.25, 0.3) is 14.1 Å². The van der Waals surface area contributed by atoms with Crippen LogP contribution in [0.3, 0.4) is 0 Å². The van der Waals surface area contributed by atoms with E-state index in [-0.39, 0.29) is 40.9 Å². The van der Waals surface area contributed by atoms with Crippen LogP contribution in [0.4, 0.5) is 0 Å². The summed E-state index contributed by atoms with van der Waals surface area (Å²) in [6, 6.07) is 33.5. The lowest BCUT2D eigenvalue weighted by Gasteiger charge is -2.37. The summed E-state index contributed by atoms with van der Waals surface area (Å²) in [6.07, 6.45) is 0.0336. The number of fused-ring (bicyclic) bond motifs is 2. The van der Waals surface area contributed by atoms with E-state index in [4.69, 9.17) is 28.0 Å². The molecule has 0 aliphatic carbocycles. The van der Waals surface area contributed by atoms with Crippen molar-refractivity contribution in [1.29, 1.82) is 0 Å². The van der Waals surface area contributed by atoms with Crippen LogP contribution in [-0.4, -0.2) is 90.1 Å². The summed E-state index contributed by atoms with van der Waals surface area (Å²) in [5.41, 5.74) is 0.381. The first-order valence-corrected chi connectivity index (χ1v) is 22.5. The molecular weight excluding hydrogens is 810 g/mol. The van der Waals surface area contributed by atoms with Crippen molar-refractivity contribution >= 4 is 29.5 Å². The Balaban J connectivity index is 1.08. The summed E-state index contributed by atoms with van der Waals surface area (Å²) in [5.74, 6) is 1.17. The molecule has 3 fully saturated rings. The number of sulfone groups is 1. The van der Waals surface area contributed by atoms with Crippen molar-refractivity contribution in [3.8, 4) is 11.5 Å². The van der Waals surface area contributed by atoms with Gasteiger partial charge in [0, 0.05) is 19.0 Å². The highest BCUT2D eigenvalue weighted by Crippen LogP contribution is 2.58. The largest absolute Gasteiger partial charge is 0.497 e. The van der Waals surface area contributed by atoms with E-state index in [9.17, 15) is 18.0 Å². The number of hydrogen-bond acceptors (Lipinski definition) is 12. The average molecular weight is 854 g/mol. The van der Waals surface area contributed by atoms with Gasteiger partial charge in [-0.25, -0.2) is 27.4 Å². The highest BCUT2D eigenvalue weighted by atomic mass is 32.2. The molecule has 17 heteroatoms. The van der Waals surface area contributed by atoms with Crippen LogP contribution in [0.2, 0.25) is 0 Å². The fourth-order valence-electron chi connectivity index (χ4n) is 8.50. The van der Waals surface area contributed by atoms with E-state index in [0.717, 1.165) is 29.5 Å². The number of imidazole rings is 1. The number of rotatable bonds is 14. The molecule has 2 N–H and O–H groups in total. The van der Waals surface area contributed by atoms with Crippen molar-refractivity contribution in [2.24, 2.45) is 0 Å². The molecule has 0 bridgehead atoms. The summed E-state index contributed by atoms with van der Waals surface area (Å²) >= 11 is 0. The van der Waals surface area contributed by atoms with Crippen LogP contribution >= 0.6 is 8.53 Å². The third-order valence-electron chi connectivity index (χ3n) is 11.5. The molecule has 0 saturated carbocycles. The zero-order chi connectivity index (χ0) is 41.4. The van der Waals surface area contributed by atoms with Gasteiger partial charge in [0.1, 0.15) is 29.4 Å². The number of aromatic amines is 2. The van der Waals surface area contributed by atoms with E-state index >= 15 is 0 Å². The predicted molar refractivity (Wildman–Crippen MR) is 223 cm³/mol. The van der Waals surface area contributed by atoms with Crippen LogP contribution in [0, 0.1) is 0 Å². The molecule has 2 aromatic heterocycles. The molecule has 3 aliphatic rings. The molecule has 5 heterocycles. The Kier molecular flexibility index (Phi) is 11.2. The second-order valence-corrected chi connectivity index (χ2v) is 18.3. The molecule has 312 valence electrons. The van der Waals surface area contributed by atoms with Gasteiger partial charge >= 0.3 is 5.69 Å². The monoisotopic (exact) mass is 853 g/mol. The summed E-state index contributed by atoms with van der Waals surface area (Å²) < 4.78 is 69.1. The molecular formula is C43H44N5O10PS. The van der Waals surface area contributed by atoms with Gasteiger partial charge in [-0.05, 0) is 65.9 Å². The summed E-state index contributed by atoms with van der Waals surface area (Å²) in [5, 5.41) is 0. The van der Waals surface area contributed by atoms with E-state index < -0.39 is 59.8 Å². The zero-order valence-corrected chi connectivity index (χ0v) is 34.6. The van der Waals surface area contributed by atoms with Gasteiger partial charge in [-0.3, -0.25) is 9.78 Å². The normalized spacial score (nSPS) is 23.2. The van der Waals surface area contributed by atoms with Crippen molar-refractivity contribution in [3.05, 3.63) is 153 Å². The highest BCUT2D eigenvalue weighted by molar-refractivity contribution is 7.91.